The Kier molecular flexibility index (Phi) is 4.74. The molecule has 4 aromatic rings. The molecule has 0 unspecified atom stereocenters. The number of nitrogens with zero attached hydrogens (tertiary/aromatic N) is 3. The van der Waals surface area contributed by atoms with Crippen LogP contribution in [0.25, 0.3) is 15.3 Å². The molecule has 1 amide bonds. The maximum absolute atomic E-state index is 12.7. The van der Waals surface area contributed by atoms with Crippen LogP contribution in [0.1, 0.15) is 23.5 Å². The molecule has 0 spiro atoms. The number of benzene rings is 2. The SMILES string of the molecule is COc1cc(OC)c([C@H]2CC(=O)Nc3c2cnn3-c2nc3ccccc3s2)cc1OC. The minimum absolute atomic E-state index is 0.0998. The Hall–Kier alpha value is -3.59. The minimum atomic E-state index is -0.248. The van der Waals surface area contributed by atoms with Crippen LogP contribution in [0.2, 0.25) is 0 Å². The second-order valence-electron chi connectivity index (χ2n) is 7.08. The number of rotatable bonds is 5. The van der Waals surface area contributed by atoms with Crippen LogP contribution >= 0.6 is 11.3 Å². The molecule has 0 fully saturated rings. The van der Waals surface area contributed by atoms with Gasteiger partial charge >= 0.3 is 0 Å². The van der Waals surface area contributed by atoms with Gasteiger partial charge in [0.1, 0.15) is 11.6 Å². The van der Waals surface area contributed by atoms with Gasteiger partial charge in [-0.05, 0) is 18.2 Å². The summed E-state index contributed by atoms with van der Waals surface area (Å²) in [6.07, 6.45) is 2.05. The number of carbonyl (C=O) groups is 1. The first-order valence-electron chi connectivity index (χ1n) is 9.66. The van der Waals surface area contributed by atoms with Gasteiger partial charge < -0.3 is 19.5 Å². The topological polar surface area (TPSA) is 87.5 Å². The number of hydrogen-bond acceptors (Lipinski definition) is 7. The summed E-state index contributed by atoms with van der Waals surface area (Å²) >= 11 is 1.52. The quantitative estimate of drug-likeness (QED) is 0.509. The highest BCUT2D eigenvalue weighted by Crippen LogP contribution is 2.45. The molecular formula is C22H20N4O4S. The van der Waals surface area contributed by atoms with Crippen molar-refractivity contribution < 1.29 is 19.0 Å². The van der Waals surface area contributed by atoms with Crippen LogP contribution in [-0.2, 0) is 4.79 Å². The van der Waals surface area contributed by atoms with Gasteiger partial charge in [0.2, 0.25) is 11.0 Å². The Bertz CT molecular complexity index is 1260. The molecular weight excluding hydrogens is 416 g/mol. The van der Waals surface area contributed by atoms with Crippen molar-refractivity contribution >= 4 is 33.3 Å². The van der Waals surface area contributed by atoms with Crippen LogP contribution < -0.4 is 19.5 Å². The fraction of sp³-hybridized carbons (Fsp3) is 0.227. The van der Waals surface area contributed by atoms with Gasteiger partial charge in [0.25, 0.3) is 0 Å². The van der Waals surface area contributed by atoms with E-state index in [1.165, 1.54) is 11.3 Å². The van der Waals surface area contributed by atoms with Crippen molar-refractivity contribution in [3.8, 4) is 22.4 Å². The maximum atomic E-state index is 12.7. The molecule has 0 aliphatic carbocycles. The predicted octanol–water partition coefficient (Wildman–Crippen LogP) is 3.98. The molecule has 2 aromatic carbocycles. The molecule has 158 valence electrons. The molecule has 0 saturated carbocycles. The standard InChI is InChI=1S/C22H20N4O4S/c1-28-16-10-18(30-3)17(29-2)8-13(16)12-9-20(27)25-21-14(12)11-23-26(21)22-24-15-6-4-5-7-19(15)31-22/h4-8,10-12H,9H2,1-3H3,(H,25,27)/t12-/m1/s1. The van der Waals surface area contributed by atoms with E-state index in [0.717, 1.165) is 21.3 Å². The summed E-state index contributed by atoms with van der Waals surface area (Å²) in [7, 11) is 4.75. The molecule has 3 heterocycles. The predicted molar refractivity (Wildman–Crippen MR) is 118 cm³/mol. The zero-order valence-corrected chi connectivity index (χ0v) is 18.0. The summed E-state index contributed by atoms with van der Waals surface area (Å²) in [5.74, 6) is 2.03. The van der Waals surface area contributed by atoms with E-state index in [4.69, 9.17) is 14.2 Å². The van der Waals surface area contributed by atoms with Crippen molar-refractivity contribution in [3.63, 3.8) is 0 Å². The second-order valence-corrected chi connectivity index (χ2v) is 8.09. The van der Waals surface area contributed by atoms with Crippen LogP contribution in [-0.4, -0.2) is 42.0 Å². The van der Waals surface area contributed by atoms with Gasteiger partial charge in [0.15, 0.2) is 11.5 Å². The molecule has 31 heavy (non-hydrogen) atoms. The first kappa shape index (κ1) is 19.4. The number of hydrogen-bond donors (Lipinski definition) is 1. The molecule has 0 saturated heterocycles. The summed E-state index contributed by atoms with van der Waals surface area (Å²) < 4.78 is 19.2. The van der Waals surface area contributed by atoms with Gasteiger partial charge in [0.05, 0.1) is 37.7 Å². The van der Waals surface area contributed by atoms with E-state index in [9.17, 15) is 4.79 Å². The number of ether oxygens (including phenoxy) is 3. The highest BCUT2D eigenvalue weighted by molar-refractivity contribution is 7.20. The Morgan fingerprint density at radius 1 is 1.03 bits per heavy atom. The number of nitrogens with one attached hydrogen (secondary N) is 1. The lowest BCUT2D eigenvalue weighted by molar-refractivity contribution is -0.116. The van der Waals surface area contributed by atoms with E-state index in [0.29, 0.717) is 28.2 Å². The molecule has 5 rings (SSSR count). The molecule has 1 aliphatic heterocycles. The number of carbonyl (C=O) groups excluding carboxylic acids is 1. The van der Waals surface area contributed by atoms with E-state index >= 15 is 0 Å². The van der Waals surface area contributed by atoms with E-state index in [1.54, 1.807) is 38.3 Å². The van der Waals surface area contributed by atoms with Crippen molar-refractivity contribution in [2.45, 2.75) is 12.3 Å². The van der Waals surface area contributed by atoms with Crippen LogP contribution in [0.5, 0.6) is 17.2 Å². The van der Waals surface area contributed by atoms with Gasteiger partial charge in [-0.3, -0.25) is 4.79 Å². The third-order valence-corrected chi connectivity index (χ3v) is 6.41. The summed E-state index contributed by atoms with van der Waals surface area (Å²) in [5.41, 5.74) is 2.62. The van der Waals surface area contributed by atoms with Gasteiger partial charge in [0, 0.05) is 29.5 Å². The van der Waals surface area contributed by atoms with Crippen LogP contribution in [0, 0.1) is 0 Å². The lowest BCUT2D eigenvalue weighted by Crippen LogP contribution is -2.25. The van der Waals surface area contributed by atoms with Gasteiger partial charge in [-0.15, -0.1) is 0 Å². The number of fused-ring (bicyclic) bond motifs is 2. The summed E-state index contributed by atoms with van der Waals surface area (Å²) in [4.78, 5) is 17.4. The molecule has 1 atom stereocenters. The van der Waals surface area contributed by atoms with E-state index in [1.807, 2.05) is 30.3 Å². The van der Waals surface area contributed by atoms with E-state index in [2.05, 4.69) is 15.4 Å². The Labute approximate surface area is 182 Å². The zero-order chi connectivity index (χ0) is 21.5. The largest absolute Gasteiger partial charge is 0.496 e. The van der Waals surface area contributed by atoms with Crippen molar-refractivity contribution in [1.82, 2.24) is 14.8 Å². The highest BCUT2D eigenvalue weighted by atomic mass is 32.1. The first-order valence-corrected chi connectivity index (χ1v) is 10.5. The highest BCUT2D eigenvalue weighted by Gasteiger charge is 2.33. The Morgan fingerprint density at radius 2 is 1.77 bits per heavy atom. The average molecular weight is 436 g/mol. The van der Waals surface area contributed by atoms with Crippen molar-refractivity contribution in [3.05, 3.63) is 53.7 Å². The summed E-state index contributed by atoms with van der Waals surface area (Å²) in [6, 6.07) is 11.5. The molecule has 8 nitrogen and oxygen atoms in total. The summed E-state index contributed by atoms with van der Waals surface area (Å²) in [6.45, 7) is 0. The lowest BCUT2D eigenvalue weighted by Gasteiger charge is -2.25. The fourth-order valence-electron chi connectivity index (χ4n) is 3.92. The summed E-state index contributed by atoms with van der Waals surface area (Å²) in [5, 5.41) is 8.23. The molecule has 0 radical (unpaired) electrons. The van der Waals surface area contributed by atoms with E-state index < -0.39 is 0 Å². The van der Waals surface area contributed by atoms with Gasteiger partial charge in [-0.1, -0.05) is 23.5 Å². The Balaban J connectivity index is 1.64. The maximum Gasteiger partial charge on any atom is 0.226 e. The van der Waals surface area contributed by atoms with Crippen LogP contribution in [0.4, 0.5) is 5.82 Å². The van der Waals surface area contributed by atoms with Crippen LogP contribution in [0.15, 0.2) is 42.6 Å². The molecule has 1 N–H and O–H groups in total. The second kappa shape index (κ2) is 7.59. The first-order chi connectivity index (χ1) is 15.1. The lowest BCUT2D eigenvalue weighted by atomic mass is 9.86. The zero-order valence-electron chi connectivity index (χ0n) is 17.2. The third kappa shape index (κ3) is 3.17. The number of para-hydroxylation sites is 1. The molecule has 9 heteroatoms. The smallest absolute Gasteiger partial charge is 0.226 e. The van der Waals surface area contributed by atoms with Gasteiger partial charge in [-0.2, -0.15) is 9.78 Å². The molecule has 2 aromatic heterocycles. The number of aromatic nitrogens is 3. The number of methoxy groups -OCH3 is 3. The minimum Gasteiger partial charge on any atom is -0.496 e. The number of thiazole rings is 1. The van der Waals surface area contributed by atoms with Crippen LogP contribution in [0.3, 0.4) is 0 Å². The Morgan fingerprint density at radius 3 is 2.52 bits per heavy atom. The number of anilines is 1. The molecule has 1 aliphatic rings. The third-order valence-electron chi connectivity index (χ3n) is 5.40. The average Bonchev–Trinajstić information content (AvgIpc) is 3.41. The monoisotopic (exact) mass is 436 g/mol. The number of amides is 1. The van der Waals surface area contributed by atoms with Gasteiger partial charge in [-0.25, -0.2) is 4.98 Å². The van der Waals surface area contributed by atoms with E-state index in [-0.39, 0.29) is 18.2 Å². The fourth-order valence-corrected chi connectivity index (χ4v) is 4.85. The normalized spacial score (nSPS) is 15.5. The van der Waals surface area contributed by atoms with Crippen molar-refractivity contribution in [2.75, 3.05) is 26.6 Å². The molecule has 0 bridgehead atoms. The van der Waals surface area contributed by atoms with Crippen molar-refractivity contribution in [1.29, 1.82) is 0 Å². The van der Waals surface area contributed by atoms with Crippen molar-refractivity contribution in [2.24, 2.45) is 0 Å².